The molecule has 0 spiro atoms. The Morgan fingerprint density at radius 2 is 2.58 bits per heavy atom. The van der Waals surface area contributed by atoms with E-state index in [4.69, 9.17) is 5.84 Å². The molecule has 0 bridgehead atoms. The first-order valence-electron chi connectivity index (χ1n) is 3.57. The second kappa shape index (κ2) is 3.82. The van der Waals surface area contributed by atoms with Crippen molar-refractivity contribution in [3.63, 3.8) is 0 Å². The van der Waals surface area contributed by atoms with Gasteiger partial charge in [0.25, 0.3) is 0 Å². The number of nitrogens with two attached hydrogens (primary N) is 1. The van der Waals surface area contributed by atoms with Crippen molar-refractivity contribution in [2.45, 2.75) is 13.5 Å². The number of amides is 1. The van der Waals surface area contributed by atoms with Gasteiger partial charge < -0.3 is 0 Å². The monoisotopic (exact) mass is 169 g/mol. The molecule has 0 fully saturated rings. The number of nitrogens with one attached hydrogen (secondary N) is 1. The summed E-state index contributed by atoms with van der Waals surface area (Å²) < 4.78 is 1.58. The van der Waals surface area contributed by atoms with Crippen LogP contribution < -0.4 is 11.3 Å². The summed E-state index contributed by atoms with van der Waals surface area (Å²) in [5.74, 6) is 4.56. The SMILES string of the molecule is CC(Cn1cncn1)C(=O)NN. The van der Waals surface area contributed by atoms with Crippen LogP contribution in [-0.2, 0) is 11.3 Å². The molecule has 66 valence electrons. The molecule has 1 unspecified atom stereocenters. The number of hydrogen-bond donors (Lipinski definition) is 2. The summed E-state index contributed by atoms with van der Waals surface area (Å²) >= 11 is 0. The zero-order chi connectivity index (χ0) is 8.97. The number of hydrazine groups is 1. The van der Waals surface area contributed by atoms with Crippen LogP contribution in [0.25, 0.3) is 0 Å². The fourth-order valence-electron chi connectivity index (χ4n) is 0.833. The van der Waals surface area contributed by atoms with E-state index in [9.17, 15) is 4.79 Å². The highest BCUT2D eigenvalue weighted by atomic mass is 16.2. The third-order valence-electron chi connectivity index (χ3n) is 1.52. The Morgan fingerprint density at radius 3 is 3.08 bits per heavy atom. The summed E-state index contributed by atoms with van der Waals surface area (Å²) in [7, 11) is 0. The maximum atomic E-state index is 10.9. The average Bonchev–Trinajstić information content (AvgIpc) is 2.55. The van der Waals surface area contributed by atoms with Crippen LogP contribution >= 0.6 is 0 Å². The zero-order valence-electron chi connectivity index (χ0n) is 6.77. The van der Waals surface area contributed by atoms with E-state index in [1.165, 1.54) is 6.33 Å². The molecule has 0 saturated heterocycles. The first-order valence-corrected chi connectivity index (χ1v) is 3.57. The third kappa shape index (κ3) is 2.03. The van der Waals surface area contributed by atoms with Gasteiger partial charge in [-0.3, -0.25) is 14.9 Å². The van der Waals surface area contributed by atoms with Crippen molar-refractivity contribution in [2.24, 2.45) is 11.8 Å². The summed E-state index contributed by atoms with van der Waals surface area (Å²) in [6, 6.07) is 0. The molecule has 0 saturated carbocycles. The second-order valence-electron chi connectivity index (χ2n) is 2.53. The van der Waals surface area contributed by atoms with E-state index in [1.54, 1.807) is 17.9 Å². The van der Waals surface area contributed by atoms with Crippen molar-refractivity contribution < 1.29 is 4.79 Å². The lowest BCUT2D eigenvalue weighted by Gasteiger charge is -2.08. The van der Waals surface area contributed by atoms with Gasteiger partial charge in [-0.1, -0.05) is 6.92 Å². The molecule has 0 aliphatic rings. The molecular weight excluding hydrogens is 158 g/mol. The molecule has 1 amide bonds. The molecule has 3 N–H and O–H groups in total. The van der Waals surface area contributed by atoms with Crippen LogP contribution in [0.15, 0.2) is 12.7 Å². The highest BCUT2D eigenvalue weighted by Crippen LogP contribution is 1.97. The number of aromatic nitrogens is 3. The summed E-state index contributed by atoms with van der Waals surface area (Å²) in [5.41, 5.74) is 2.08. The molecule has 1 aromatic heterocycles. The fraction of sp³-hybridized carbons (Fsp3) is 0.500. The van der Waals surface area contributed by atoms with Crippen molar-refractivity contribution in [2.75, 3.05) is 0 Å². The fourth-order valence-corrected chi connectivity index (χ4v) is 0.833. The van der Waals surface area contributed by atoms with Crippen molar-refractivity contribution in [3.8, 4) is 0 Å². The smallest absolute Gasteiger partial charge is 0.238 e. The van der Waals surface area contributed by atoms with E-state index in [2.05, 4.69) is 15.5 Å². The van der Waals surface area contributed by atoms with Crippen LogP contribution in [0.1, 0.15) is 6.92 Å². The summed E-state index contributed by atoms with van der Waals surface area (Å²) in [4.78, 5) is 14.7. The topological polar surface area (TPSA) is 85.8 Å². The van der Waals surface area contributed by atoms with E-state index in [1.807, 2.05) is 0 Å². The molecule has 1 heterocycles. The summed E-state index contributed by atoms with van der Waals surface area (Å²) in [5, 5.41) is 3.86. The molecule has 12 heavy (non-hydrogen) atoms. The van der Waals surface area contributed by atoms with Gasteiger partial charge in [-0.05, 0) is 0 Å². The van der Waals surface area contributed by atoms with Gasteiger partial charge in [0, 0.05) is 0 Å². The van der Waals surface area contributed by atoms with Crippen LogP contribution in [0.5, 0.6) is 0 Å². The second-order valence-corrected chi connectivity index (χ2v) is 2.53. The lowest BCUT2D eigenvalue weighted by Crippen LogP contribution is -2.36. The van der Waals surface area contributed by atoms with Gasteiger partial charge in [-0.2, -0.15) is 5.10 Å². The Hall–Kier alpha value is -1.43. The van der Waals surface area contributed by atoms with Crippen molar-refractivity contribution in [1.82, 2.24) is 20.2 Å². The van der Waals surface area contributed by atoms with Gasteiger partial charge in [0.1, 0.15) is 12.7 Å². The number of nitrogens with zero attached hydrogens (tertiary/aromatic N) is 3. The lowest BCUT2D eigenvalue weighted by molar-refractivity contribution is -0.125. The summed E-state index contributed by atoms with van der Waals surface area (Å²) in [6.07, 6.45) is 2.98. The van der Waals surface area contributed by atoms with Crippen LogP contribution in [0, 0.1) is 5.92 Å². The maximum Gasteiger partial charge on any atom is 0.238 e. The van der Waals surface area contributed by atoms with E-state index in [0.29, 0.717) is 6.54 Å². The minimum absolute atomic E-state index is 0.198. The van der Waals surface area contributed by atoms with Gasteiger partial charge in [0.05, 0.1) is 12.5 Å². The number of rotatable bonds is 3. The molecule has 1 atom stereocenters. The number of hydrogen-bond acceptors (Lipinski definition) is 4. The predicted octanol–water partition coefficient (Wildman–Crippen LogP) is -1.10. The van der Waals surface area contributed by atoms with E-state index < -0.39 is 0 Å². The van der Waals surface area contributed by atoms with E-state index >= 15 is 0 Å². The van der Waals surface area contributed by atoms with Crippen LogP contribution in [0.4, 0.5) is 0 Å². The molecule has 0 radical (unpaired) electrons. The van der Waals surface area contributed by atoms with E-state index in [-0.39, 0.29) is 11.8 Å². The predicted molar refractivity (Wildman–Crippen MR) is 41.5 cm³/mol. The van der Waals surface area contributed by atoms with E-state index in [0.717, 1.165) is 0 Å². The quantitative estimate of drug-likeness (QED) is 0.342. The maximum absolute atomic E-state index is 10.9. The van der Waals surface area contributed by atoms with Crippen LogP contribution in [0.2, 0.25) is 0 Å². The molecule has 6 nitrogen and oxygen atoms in total. The number of carbonyl (C=O) groups is 1. The summed E-state index contributed by atoms with van der Waals surface area (Å²) in [6.45, 7) is 2.26. The van der Waals surface area contributed by atoms with Gasteiger partial charge in [-0.15, -0.1) is 0 Å². The standard InChI is InChI=1S/C6H11N5O/c1-5(6(12)10-7)2-11-4-8-3-9-11/h3-5H,2,7H2,1H3,(H,10,12). The minimum atomic E-state index is -0.203. The molecule has 0 aromatic carbocycles. The van der Waals surface area contributed by atoms with Crippen molar-refractivity contribution >= 4 is 5.91 Å². The average molecular weight is 169 g/mol. The van der Waals surface area contributed by atoms with Crippen LogP contribution in [-0.4, -0.2) is 20.7 Å². The molecular formula is C6H11N5O. The Bertz CT molecular complexity index is 244. The number of carbonyl (C=O) groups excluding carboxylic acids is 1. The van der Waals surface area contributed by atoms with Gasteiger partial charge in [-0.25, -0.2) is 10.8 Å². The van der Waals surface area contributed by atoms with Crippen molar-refractivity contribution in [1.29, 1.82) is 0 Å². The Labute approximate surface area is 69.7 Å². The molecule has 0 aliphatic heterocycles. The Kier molecular flexibility index (Phi) is 2.76. The molecule has 6 heteroatoms. The highest BCUT2D eigenvalue weighted by Gasteiger charge is 2.11. The van der Waals surface area contributed by atoms with Gasteiger partial charge in [0.2, 0.25) is 5.91 Å². The molecule has 0 aliphatic carbocycles. The minimum Gasteiger partial charge on any atom is -0.294 e. The third-order valence-corrected chi connectivity index (χ3v) is 1.52. The normalized spacial score (nSPS) is 12.5. The zero-order valence-corrected chi connectivity index (χ0v) is 6.77. The van der Waals surface area contributed by atoms with Gasteiger partial charge >= 0.3 is 0 Å². The Morgan fingerprint density at radius 1 is 1.83 bits per heavy atom. The van der Waals surface area contributed by atoms with Crippen LogP contribution in [0.3, 0.4) is 0 Å². The lowest BCUT2D eigenvalue weighted by atomic mass is 10.2. The largest absolute Gasteiger partial charge is 0.294 e. The van der Waals surface area contributed by atoms with Crippen molar-refractivity contribution in [3.05, 3.63) is 12.7 Å². The first kappa shape index (κ1) is 8.66. The highest BCUT2D eigenvalue weighted by molar-refractivity contribution is 5.77. The first-order chi connectivity index (χ1) is 5.74. The molecule has 1 rings (SSSR count). The van der Waals surface area contributed by atoms with Gasteiger partial charge in [0.15, 0.2) is 0 Å². The Balaban J connectivity index is 2.47. The molecule has 1 aromatic rings.